The van der Waals surface area contributed by atoms with Gasteiger partial charge in [0.05, 0.1) is 0 Å². The molecule has 2 fully saturated rings. The maximum Gasteiger partial charge on any atom is 0.123 e. The number of likely N-dealkylation sites (tertiary alicyclic amines) is 1. The van der Waals surface area contributed by atoms with Gasteiger partial charge in [-0.1, -0.05) is 6.42 Å². The van der Waals surface area contributed by atoms with Crippen LogP contribution < -0.4 is 0 Å². The minimum atomic E-state index is 0.364. The smallest absolute Gasteiger partial charge is 0.123 e. The summed E-state index contributed by atoms with van der Waals surface area (Å²) >= 11 is 0. The van der Waals surface area contributed by atoms with E-state index < -0.39 is 0 Å². The highest BCUT2D eigenvalue weighted by molar-refractivity contribution is 5.53. The maximum absolute atomic E-state index is 10.7. The van der Waals surface area contributed by atoms with Gasteiger partial charge in [0.1, 0.15) is 6.29 Å². The molecule has 2 aliphatic rings. The number of rotatable bonds is 2. The van der Waals surface area contributed by atoms with Gasteiger partial charge in [0.15, 0.2) is 0 Å². The predicted molar refractivity (Wildman–Crippen MR) is 57.2 cm³/mol. The zero-order valence-corrected chi connectivity index (χ0v) is 8.95. The minimum absolute atomic E-state index is 0.364. The molecular formula is C12H21NO. The van der Waals surface area contributed by atoms with Crippen molar-refractivity contribution in [3.8, 4) is 0 Å². The average molecular weight is 195 g/mol. The third-order valence-corrected chi connectivity index (χ3v) is 3.83. The van der Waals surface area contributed by atoms with Gasteiger partial charge in [-0.2, -0.15) is 0 Å². The van der Waals surface area contributed by atoms with Gasteiger partial charge in [-0.05, 0) is 51.6 Å². The van der Waals surface area contributed by atoms with E-state index in [1.54, 1.807) is 0 Å². The molecule has 0 aromatic rings. The lowest BCUT2D eigenvalue weighted by atomic mass is 10.0. The van der Waals surface area contributed by atoms with Gasteiger partial charge in [-0.25, -0.2) is 0 Å². The third kappa shape index (κ3) is 2.35. The normalized spacial score (nSPS) is 35.4. The van der Waals surface area contributed by atoms with E-state index in [4.69, 9.17) is 0 Å². The van der Waals surface area contributed by atoms with E-state index in [-0.39, 0.29) is 0 Å². The lowest BCUT2D eigenvalue weighted by molar-refractivity contribution is -0.111. The van der Waals surface area contributed by atoms with Crippen LogP contribution in [0.3, 0.4) is 0 Å². The predicted octanol–water partition coefficient (Wildman–Crippen LogP) is 2.23. The van der Waals surface area contributed by atoms with Crippen molar-refractivity contribution < 1.29 is 4.79 Å². The van der Waals surface area contributed by atoms with E-state index in [0.29, 0.717) is 5.92 Å². The highest BCUT2D eigenvalue weighted by atomic mass is 16.1. The summed E-state index contributed by atoms with van der Waals surface area (Å²) in [6.45, 7) is 2.60. The molecule has 2 rings (SSSR count). The first kappa shape index (κ1) is 10.2. The van der Waals surface area contributed by atoms with E-state index in [9.17, 15) is 4.79 Å². The van der Waals surface area contributed by atoms with Gasteiger partial charge in [0, 0.05) is 12.0 Å². The van der Waals surface area contributed by atoms with Crippen LogP contribution in [0.4, 0.5) is 0 Å². The average Bonchev–Trinajstić information content (AvgIpc) is 2.63. The molecule has 0 aromatic carbocycles. The zero-order chi connectivity index (χ0) is 9.80. The number of aldehydes is 1. The molecule has 1 aliphatic heterocycles. The molecule has 1 unspecified atom stereocenters. The Hall–Kier alpha value is -0.370. The largest absolute Gasteiger partial charge is 0.303 e. The van der Waals surface area contributed by atoms with Gasteiger partial charge in [0.2, 0.25) is 0 Å². The Labute approximate surface area is 86.7 Å². The first-order valence-corrected chi connectivity index (χ1v) is 6.09. The minimum Gasteiger partial charge on any atom is -0.303 e. The highest BCUT2D eigenvalue weighted by Crippen LogP contribution is 2.27. The van der Waals surface area contributed by atoms with Crippen LogP contribution >= 0.6 is 0 Å². The second-order valence-electron chi connectivity index (χ2n) is 4.80. The quantitative estimate of drug-likeness (QED) is 0.497. The Kier molecular flexibility index (Phi) is 3.57. The standard InChI is InChI=1S/C12H21NO/c14-10-11-4-3-5-12(7-6-11)13-8-1-2-9-13/h10-12H,1-9H2/t11-,12?/m1/s1. The molecule has 1 aliphatic carbocycles. The molecule has 0 amide bonds. The molecule has 80 valence electrons. The molecule has 0 aromatic heterocycles. The lowest BCUT2D eigenvalue weighted by Gasteiger charge is -2.26. The molecule has 0 radical (unpaired) electrons. The van der Waals surface area contributed by atoms with Gasteiger partial charge in [-0.15, -0.1) is 0 Å². The number of carbonyl (C=O) groups excluding carboxylic acids is 1. The molecule has 1 saturated carbocycles. The van der Waals surface area contributed by atoms with Crippen molar-refractivity contribution in [3.63, 3.8) is 0 Å². The molecule has 2 atom stereocenters. The SMILES string of the molecule is O=C[C@@H]1CCCC(N2CCCC2)CC1. The van der Waals surface area contributed by atoms with Crippen LogP contribution in [0.5, 0.6) is 0 Å². The number of carbonyl (C=O) groups is 1. The molecule has 0 bridgehead atoms. The molecule has 1 saturated heterocycles. The Morgan fingerprint density at radius 1 is 0.929 bits per heavy atom. The molecule has 0 spiro atoms. The van der Waals surface area contributed by atoms with E-state index in [2.05, 4.69) is 4.90 Å². The van der Waals surface area contributed by atoms with Crippen molar-refractivity contribution in [1.82, 2.24) is 4.90 Å². The summed E-state index contributed by atoms with van der Waals surface area (Å²) in [5.41, 5.74) is 0. The third-order valence-electron chi connectivity index (χ3n) is 3.83. The maximum atomic E-state index is 10.7. The number of hydrogen-bond donors (Lipinski definition) is 0. The molecule has 14 heavy (non-hydrogen) atoms. The van der Waals surface area contributed by atoms with Gasteiger partial charge in [-0.3, -0.25) is 0 Å². The number of hydrogen-bond acceptors (Lipinski definition) is 2. The van der Waals surface area contributed by atoms with Crippen LogP contribution in [0.1, 0.15) is 44.9 Å². The fourth-order valence-corrected chi connectivity index (χ4v) is 2.92. The topological polar surface area (TPSA) is 20.3 Å². The summed E-state index contributed by atoms with van der Waals surface area (Å²) in [5.74, 6) is 0.364. The summed E-state index contributed by atoms with van der Waals surface area (Å²) in [6.07, 6.45) is 10.0. The monoisotopic (exact) mass is 195 g/mol. The molecule has 0 N–H and O–H groups in total. The number of nitrogens with zero attached hydrogens (tertiary/aromatic N) is 1. The van der Waals surface area contributed by atoms with Crippen molar-refractivity contribution >= 4 is 6.29 Å². The first-order chi connectivity index (χ1) is 6.90. The van der Waals surface area contributed by atoms with Crippen molar-refractivity contribution in [2.24, 2.45) is 5.92 Å². The summed E-state index contributed by atoms with van der Waals surface area (Å²) in [5, 5.41) is 0. The summed E-state index contributed by atoms with van der Waals surface area (Å²) < 4.78 is 0. The summed E-state index contributed by atoms with van der Waals surface area (Å²) in [4.78, 5) is 13.4. The van der Waals surface area contributed by atoms with E-state index in [1.165, 1.54) is 51.5 Å². The van der Waals surface area contributed by atoms with Crippen molar-refractivity contribution in [2.75, 3.05) is 13.1 Å². The van der Waals surface area contributed by atoms with Crippen molar-refractivity contribution in [3.05, 3.63) is 0 Å². The second-order valence-corrected chi connectivity index (χ2v) is 4.80. The fourth-order valence-electron chi connectivity index (χ4n) is 2.92. The zero-order valence-electron chi connectivity index (χ0n) is 8.95. The second kappa shape index (κ2) is 4.92. The van der Waals surface area contributed by atoms with Crippen LogP contribution in [0, 0.1) is 5.92 Å². The summed E-state index contributed by atoms with van der Waals surface area (Å²) in [6, 6.07) is 0.794. The highest BCUT2D eigenvalue weighted by Gasteiger charge is 2.25. The van der Waals surface area contributed by atoms with Gasteiger partial charge >= 0.3 is 0 Å². The van der Waals surface area contributed by atoms with Gasteiger partial charge < -0.3 is 9.69 Å². The molecule has 1 heterocycles. The molecule has 2 heteroatoms. The lowest BCUT2D eigenvalue weighted by Crippen LogP contribution is -2.32. The summed E-state index contributed by atoms with van der Waals surface area (Å²) in [7, 11) is 0. The van der Waals surface area contributed by atoms with Crippen LogP contribution in [0.25, 0.3) is 0 Å². The van der Waals surface area contributed by atoms with Crippen molar-refractivity contribution in [2.45, 2.75) is 51.0 Å². The Balaban J connectivity index is 1.84. The van der Waals surface area contributed by atoms with Crippen LogP contribution in [0.2, 0.25) is 0 Å². The van der Waals surface area contributed by atoms with Crippen LogP contribution in [-0.2, 0) is 4.79 Å². The Morgan fingerprint density at radius 3 is 2.43 bits per heavy atom. The van der Waals surface area contributed by atoms with E-state index in [1.807, 2.05) is 0 Å². The first-order valence-electron chi connectivity index (χ1n) is 6.09. The van der Waals surface area contributed by atoms with E-state index in [0.717, 1.165) is 18.9 Å². The molecule has 2 nitrogen and oxygen atoms in total. The van der Waals surface area contributed by atoms with E-state index >= 15 is 0 Å². The fraction of sp³-hybridized carbons (Fsp3) is 0.917. The molecular weight excluding hydrogens is 174 g/mol. The van der Waals surface area contributed by atoms with Crippen molar-refractivity contribution in [1.29, 1.82) is 0 Å². The Bertz CT molecular complexity index is 187. The Morgan fingerprint density at radius 2 is 1.71 bits per heavy atom. The van der Waals surface area contributed by atoms with Crippen LogP contribution in [0.15, 0.2) is 0 Å². The van der Waals surface area contributed by atoms with Crippen LogP contribution in [-0.4, -0.2) is 30.3 Å². The van der Waals surface area contributed by atoms with Gasteiger partial charge in [0.25, 0.3) is 0 Å².